The highest BCUT2D eigenvalue weighted by molar-refractivity contribution is 5.84. The van der Waals surface area contributed by atoms with Crippen LogP contribution in [0.5, 0.6) is 5.75 Å². The Morgan fingerprint density at radius 2 is 1.72 bits per heavy atom. The van der Waals surface area contributed by atoms with E-state index in [9.17, 15) is 4.79 Å². The van der Waals surface area contributed by atoms with Crippen LogP contribution in [0.1, 0.15) is 24.5 Å². The minimum absolute atomic E-state index is 0.0843. The van der Waals surface area contributed by atoms with Crippen LogP contribution in [0.3, 0.4) is 0 Å². The maximum Gasteiger partial charge on any atom is 0.261 e. The van der Waals surface area contributed by atoms with Gasteiger partial charge in [-0.15, -0.1) is 0 Å². The molecule has 3 heteroatoms. The molecule has 3 nitrogen and oxygen atoms in total. The van der Waals surface area contributed by atoms with Crippen molar-refractivity contribution in [3.63, 3.8) is 0 Å². The van der Waals surface area contributed by atoms with Gasteiger partial charge in [0.1, 0.15) is 5.75 Å². The number of aryl methyl sites for hydroxylation is 1. The fraction of sp³-hybridized carbons (Fsp3) is 0.227. The fourth-order valence-electron chi connectivity index (χ4n) is 2.83. The van der Waals surface area contributed by atoms with Gasteiger partial charge in [-0.3, -0.25) is 4.79 Å². The first-order valence-electron chi connectivity index (χ1n) is 8.65. The number of hydrogen-bond donors (Lipinski definition) is 1. The fourth-order valence-corrected chi connectivity index (χ4v) is 2.83. The second-order valence-electron chi connectivity index (χ2n) is 6.17. The molecule has 3 aromatic rings. The molecule has 1 N–H and O–H groups in total. The number of ether oxygens (including phenoxy) is 1. The molecule has 0 radical (unpaired) electrons. The summed E-state index contributed by atoms with van der Waals surface area (Å²) in [5, 5.41) is 5.25. The molecule has 0 saturated heterocycles. The highest BCUT2D eigenvalue weighted by atomic mass is 16.5. The summed E-state index contributed by atoms with van der Waals surface area (Å²) in [5.41, 5.74) is 2.29. The first-order valence-corrected chi connectivity index (χ1v) is 8.65. The average Bonchev–Trinajstić information content (AvgIpc) is 2.65. The Hall–Kier alpha value is -2.81. The molecule has 0 bridgehead atoms. The van der Waals surface area contributed by atoms with E-state index in [1.54, 1.807) is 0 Å². The molecule has 0 heterocycles. The van der Waals surface area contributed by atoms with Gasteiger partial charge in [0.25, 0.3) is 5.91 Å². The number of amides is 1. The van der Waals surface area contributed by atoms with Gasteiger partial charge in [-0.05, 0) is 47.4 Å². The van der Waals surface area contributed by atoms with Gasteiger partial charge in [0, 0.05) is 6.54 Å². The number of nitrogens with one attached hydrogen (secondary N) is 1. The zero-order valence-electron chi connectivity index (χ0n) is 14.7. The van der Waals surface area contributed by atoms with Crippen LogP contribution < -0.4 is 10.1 Å². The van der Waals surface area contributed by atoms with Gasteiger partial charge in [0.2, 0.25) is 0 Å². The molecule has 0 spiro atoms. The second-order valence-corrected chi connectivity index (χ2v) is 6.17. The molecule has 1 atom stereocenters. The van der Waals surface area contributed by atoms with Crippen LogP contribution in [0.2, 0.25) is 0 Å². The molecule has 3 aromatic carbocycles. The van der Waals surface area contributed by atoms with Crippen molar-refractivity contribution in [2.45, 2.75) is 32.9 Å². The smallest absolute Gasteiger partial charge is 0.261 e. The lowest BCUT2D eigenvalue weighted by Gasteiger charge is -2.18. The number of fused-ring (bicyclic) bond motifs is 1. The SMILES string of the molecule is CC[C@H](Oc1ccc2ccccc2c1)C(=O)NCc1ccccc1C. The Morgan fingerprint density at radius 1 is 1.00 bits per heavy atom. The molecule has 25 heavy (non-hydrogen) atoms. The highest BCUT2D eigenvalue weighted by Crippen LogP contribution is 2.22. The molecule has 1 amide bonds. The summed E-state index contributed by atoms with van der Waals surface area (Å²) in [6, 6.07) is 22.1. The molecule has 128 valence electrons. The first-order chi connectivity index (χ1) is 12.2. The normalized spacial score (nSPS) is 11.9. The maximum absolute atomic E-state index is 12.5. The lowest BCUT2D eigenvalue weighted by Crippen LogP contribution is -2.37. The molecule has 0 unspecified atom stereocenters. The third-order valence-electron chi connectivity index (χ3n) is 4.38. The van der Waals surface area contributed by atoms with Gasteiger partial charge in [-0.2, -0.15) is 0 Å². The van der Waals surface area contributed by atoms with Crippen molar-refractivity contribution >= 4 is 16.7 Å². The van der Waals surface area contributed by atoms with Crippen molar-refractivity contribution in [2.75, 3.05) is 0 Å². The third kappa shape index (κ3) is 4.18. The number of carbonyl (C=O) groups is 1. The van der Waals surface area contributed by atoms with Crippen LogP contribution in [0.15, 0.2) is 66.7 Å². The summed E-state index contributed by atoms with van der Waals surface area (Å²) in [7, 11) is 0. The average molecular weight is 333 g/mol. The summed E-state index contributed by atoms with van der Waals surface area (Å²) < 4.78 is 5.94. The summed E-state index contributed by atoms with van der Waals surface area (Å²) >= 11 is 0. The van der Waals surface area contributed by atoms with Crippen LogP contribution in [0.4, 0.5) is 0 Å². The Bertz CT molecular complexity index is 873. The lowest BCUT2D eigenvalue weighted by atomic mass is 10.1. The quantitative estimate of drug-likeness (QED) is 0.715. The molecular weight excluding hydrogens is 310 g/mol. The minimum Gasteiger partial charge on any atom is -0.481 e. The Labute approximate surface area is 148 Å². The Morgan fingerprint density at radius 3 is 2.48 bits per heavy atom. The van der Waals surface area contributed by atoms with Crippen molar-refractivity contribution in [1.29, 1.82) is 0 Å². The van der Waals surface area contributed by atoms with E-state index in [4.69, 9.17) is 4.74 Å². The highest BCUT2D eigenvalue weighted by Gasteiger charge is 2.18. The standard InChI is InChI=1S/C22H23NO2/c1-3-21(22(24)23-15-19-11-5-4-8-16(19)2)25-20-13-12-17-9-6-7-10-18(17)14-20/h4-14,21H,3,15H2,1-2H3,(H,23,24)/t21-/m0/s1. The van der Waals surface area contributed by atoms with Gasteiger partial charge in [0.05, 0.1) is 0 Å². The van der Waals surface area contributed by atoms with Gasteiger partial charge >= 0.3 is 0 Å². The molecule has 0 saturated carbocycles. The van der Waals surface area contributed by atoms with Crippen LogP contribution >= 0.6 is 0 Å². The van der Waals surface area contributed by atoms with Gasteiger partial charge < -0.3 is 10.1 Å². The summed E-state index contributed by atoms with van der Waals surface area (Å²) in [5.74, 6) is 0.635. The molecule has 0 fully saturated rings. The summed E-state index contributed by atoms with van der Waals surface area (Å²) in [6.07, 6.45) is 0.122. The molecule has 0 aliphatic heterocycles. The number of benzene rings is 3. The summed E-state index contributed by atoms with van der Waals surface area (Å²) in [4.78, 5) is 12.5. The van der Waals surface area contributed by atoms with E-state index in [0.29, 0.717) is 13.0 Å². The molecule has 3 rings (SSSR count). The number of rotatable bonds is 6. The van der Waals surface area contributed by atoms with Gasteiger partial charge in [-0.25, -0.2) is 0 Å². The maximum atomic E-state index is 12.5. The summed E-state index contributed by atoms with van der Waals surface area (Å²) in [6.45, 7) is 4.52. The Kier molecular flexibility index (Phi) is 5.34. The zero-order chi connectivity index (χ0) is 17.6. The molecule has 0 aromatic heterocycles. The van der Waals surface area contributed by atoms with E-state index >= 15 is 0 Å². The zero-order valence-corrected chi connectivity index (χ0v) is 14.7. The van der Waals surface area contributed by atoms with E-state index < -0.39 is 6.10 Å². The lowest BCUT2D eigenvalue weighted by molar-refractivity contribution is -0.128. The number of hydrogen-bond acceptors (Lipinski definition) is 2. The largest absolute Gasteiger partial charge is 0.481 e. The van der Waals surface area contributed by atoms with Crippen LogP contribution in [-0.4, -0.2) is 12.0 Å². The second kappa shape index (κ2) is 7.84. The van der Waals surface area contributed by atoms with Gasteiger partial charge in [0.15, 0.2) is 6.10 Å². The van der Waals surface area contributed by atoms with Crippen molar-refractivity contribution in [2.24, 2.45) is 0 Å². The molecule has 0 aliphatic rings. The molecular formula is C22H23NO2. The van der Waals surface area contributed by atoms with E-state index in [0.717, 1.165) is 22.1 Å². The third-order valence-corrected chi connectivity index (χ3v) is 4.38. The predicted molar refractivity (Wildman–Crippen MR) is 102 cm³/mol. The van der Waals surface area contributed by atoms with Crippen LogP contribution in [-0.2, 0) is 11.3 Å². The topological polar surface area (TPSA) is 38.3 Å². The van der Waals surface area contributed by atoms with E-state index in [2.05, 4.69) is 11.4 Å². The van der Waals surface area contributed by atoms with Crippen LogP contribution in [0.25, 0.3) is 10.8 Å². The predicted octanol–water partition coefficient (Wildman–Crippen LogP) is 4.62. The monoisotopic (exact) mass is 333 g/mol. The first kappa shape index (κ1) is 17.0. The Balaban J connectivity index is 1.66. The number of carbonyl (C=O) groups excluding carboxylic acids is 1. The minimum atomic E-state index is -0.495. The van der Waals surface area contributed by atoms with E-state index in [1.165, 1.54) is 5.56 Å². The van der Waals surface area contributed by atoms with Crippen molar-refractivity contribution < 1.29 is 9.53 Å². The van der Waals surface area contributed by atoms with Crippen molar-refractivity contribution in [3.8, 4) is 5.75 Å². The van der Waals surface area contributed by atoms with Crippen molar-refractivity contribution in [1.82, 2.24) is 5.32 Å². The molecule has 0 aliphatic carbocycles. The van der Waals surface area contributed by atoms with E-state index in [1.807, 2.05) is 74.5 Å². The van der Waals surface area contributed by atoms with E-state index in [-0.39, 0.29) is 5.91 Å². The van der Waals surface area contributed by atoms with Gasteiger partial charge in [-0.1, -0.05) is 61.5 Å². The van der Waals surface area contributed by atoms with Crippen molar-refractivity contribution in [3.05, 3.63) is 77.9 Å². The van der Waals surface area contributed by atoms with Crippen LogP contribution in [0, 0.1) is 6.92 Å².